The minimum atomic E-state index is -0.310. The molecule has 0 spiro atoms. The highest BCUT2D eigenvalue weighted by Crippen LogP contribution is 2.33. The largest absolute Gasteiger partial charge is 0.491 e. The van der Waals surface area contributed by atoms with Gasteiger partial charge in [0.1, 0.15) is 23.2 Å². The Labute approximate surface area is 183 Å². The average Bonchev–Trinajstić information content (AvgIpc) is 3.30. The van der Waals surface area contributed by atoms with Gasteiger partial charge in [-0.3, -0.25) is 0 Å². The van der Waals surface area contributed by atoms with Gasteiger partial charge in [-0.15, -0.1) is 0 Å². The summed E-state index contributed by atoms with van der Waals surface area (Å²) < 4.78 is 28.2. The predicted molar refractivity (Wildman–Crippen MR) is 117 cm³/mol. The summed E-state index contributed by atoms with van der Waals surface area (Å²) in [5.41, 5.74) is 3.59. The van der Waals surface area contributed by atoms with Crippen LogP contribution < -0.4 is 10.1 Å². The smallest absolute Gasteiger partial charge is 0.212 e. The zero-order valence-electron chi connectivity index (χ0n) is 17.2. The molecule has 8 heteroatoms. The van der Waals surface area contributed by atoms with Gasteiger partial charge in [0, 0.05) is 24.6 Å². The van der Waals surface area contributed by atoms with Crippen LogP contribution in [0.4, 0.5) is 4.39 Å². The van der Waals surface area contributed by atoms with Crippen LogP contribution in [0.1, 0.15) is 33.6 Å². The molecule has 0 bridgehead atoms. The zero-order valence-corrected chi connectivity index (χ0v) is 18.0. The summed E-state index contributed by atoms with van der Waals surface area (Å²) in [6.45, 7) is 4.02. The highest BCUT2D eigenvalue weighted by atomic mass is 32.1. The first-order chi connectivity index (χ1) is 15.2. The van der Waals surface area contributed by atoms with Crippen molar-refractivity contribution in [3.63, 3.8) is 0 Å². The molecule has 0 saturated heterocycles. The second-order valence-electron chi connectivity index (χ2n) is 7.47. The highest BCUT2D eigenvalue weighted by molar-refractivity contribution is 7.16. The molecule has 2 aromatic heterocycles. The van der Waals surface area contributed by atoms with Crippen LogP contribution in [-0.4, -0.2) is 34.4 Å². The molecule has 0 amide bonds. The summed E-state index contributed by atoms with van der Waals surface area (Å²) in [7, 11) is 0. The lowest BCUT2D eigenvalue weighted by Gasteiger charge is -2.24. The zero-order chi connectivity index (χ0) is 21.2. The monoisotopic (exact) mass is 438 g/mol. The van der Waals surface area contributed by atoms with E-state index in [1.165, 1.54) is 6.07 Å². The van der Waals surface area contributed by atoms with Gasteiger partial charge in [0.25, 0.3) is 0 Å². The van der Waals surface area contributed by atoms with Crippen molar-refractivity contribution in [3.8, 4) is 5.75 Å². The molecule has 1 aliphatic rings. The second-order valence-corrected chi connectivity index (χ2v) is 8.63. The van der Waals surface area contributed by atoms with Crippen molar-refractivity contribution in [2.24, 2.45) is 0 Å². The summed E-state index contributed by atoms with van der Waals surface area (Å²) in [6.07, 6.45) is 0.812. The Hall–Kier alpha value is -2.81. The molecule has 5 rings (SSSR count). The maximum Gasteiger partial charge on any atom is 0.212 e. The number of rotatable bonds is 7. The van der Waals surface area contributed by atoms with Crippen molar-refractivity contribution in [3.05, 3.63) is 81.9 Å². The fourth-order valence-electron chi connectivity index (χ4n) is 3.88. The van der Waals surface area contributed by atoms with Gasteiger partial charge in [-0.25, -0.2) is 13.9 Å². The molecule has 31 heavy (non-hydrogen) atoms. The number of nitrogens with one attached hydrogen (secondary N) is 1. The van der Waals surface area contributed by atoms with Crippen molar-refractivity contribution in [1.29, 1.82) is 0 Å². The van der Waals surface area contributed by atoms with E-state index in [1.807, 2.05) is 41.8 Å². The number of nitrogens with zero attached hydrogens (tertiary/aromatic N) is 3. The van der Waals surface area contributed by atoms with Crippen molar-refractivity contribution in [2.75, 3.05) is 19.8 Å². The molecule has 0 fully saturated rings. The molecular formula is C23H23FN4O2S. The molecule has 6 nitrogen and oxygen atoms in total. The first-order valence-corrected chi connectivity index (χ1v) is 11.1. The molecule has 0 aliphatic carbocycles. The van der Waals surface area contributed by atoms with Crippen LogP contribution in [-0.2, 0) is 17.8 Å². The number of halogens is 1. The number of imidazole rings is 1. The molecule has 0 radical (unpaired) electrons. The van der Waals surface area contributed by atoms with Crippen LogP contribution in [0.15, 0.2) is 48.5 Å². The van der Waals surface area contributed by atoms with E-state index in [0.717, 1.165) is 39.9 Å². The van der Waals surface area contributed by atoms with E-state index in [0.29, 0.717) is 31.1 Å². The summed E-state index contributed by atoms with van der Waals surface area (Å²) in [5.74, 6) is 0.179. The summed E-state index contributed by atoms with van der Waals surface area (Å²) in [4.78, 5) is 5.55. The number of aryl methyl sites for hydroxylation is 1. The quantitative estimate of drug-likeness (QED) is 0.441. The number of hydrogen-bond acceptors (Lipinski definition) is 6. The van der Waals surface area contributed by atoms with Gasteiger partial charge >= 0.3 is 0 Å². The highest BCUT2D eigenvalue weighted by Gasteiger charge is 2.30. The van der Waals surface area contributed by atoms with Gasteiger partial charge in [-0.2, -0.15) is 5.10 Å². The maximum absolute atomic E-state index is 15.0. The van der Waals surface area contributed by atoms with E-state index in [9.17, 15) is 0 Å². The molecular weight excluding hydrogens is 415 g/mol. The van der Waals surface area contributed by atoms with Crippen LogP contribution in [0.5, 0.6) is 5.75 Å². The molecule has 1 unspecified atom stereocenters. The summed E-state index contributed by atoms with van der Waals surface area (Å²) in [5, 5.41) is 8.92. The Bertz CT molecular complexity index is 1190. The summed E-state index contributed by atoms with van der Waals surface area (Å²) >= 11 is 1.55. The third kappa shape index (κ3) is 4.19. The predicted octanol–water partition coefficient (Wildman–Crippen LogP) is 4.07. The normalized spacial score (nSPS) is 15.9. The summed E-state index contributed by atoms with van der Waals surface area (Å²) in [6, 6.07) is 14.7. The van der Waals surface area contributed by atoms with Crippen molar-refractivity contribution in [2.45, 2.75) is 26.0 Å². The number of ether oxygens (including phenoxy) is 2. The van der Waals surface area contributed by atoms with Crippen LogP contribution in [0.25, 0.3) is 4.96 Å². The Balaban J connectivity index is 1.25. The molecule has 1 N–H and O–H groups in total. The number of aromatic nitrogens is 3. The number of benzene rings is 2. The Kier molecular flexibility index (Phi) is 5.67. The SMILES string of the molecule is Cc1nn2c3c(nc2s1)CCNC3c1ccc(OCCOCc2ccccc2)cc1F. The lowest BCUT2D eigenvalue weighted by Crippen LogP contribution is -2.32. The topological polar surface area (TPSA) is 60.7 Å². The lowest BCUT2D eigenvalue weighted by atomic mass is 9.97. The average molecular weight is 439 g/mol. The third-order valence-corrected chi connectivity index (χ3v) is 6.11. The Morgan fingerprint density at radius 1 is 1.19 bits per heavy atom. The van der Waals surface area contributed by atoms with Crippen molar-refractivity contribution in [1.82, 2.24) is 19.9 Å². The van der Waals surface area contributed by atoms with Gasteiger partial charge in [0.15, 0.2) is 0 Å². The Morgan fingerprint density at radius 2 is 2.06 bits per heavy atom. The fourth-order valence-corrected chi connectivity index (χ4v) is 4.65. The van der Waals surface area contributed by atoms with Gasteiger partial charge in [-0.1, -0.05) is 47.7 Å². The first kappa shape index (κ1) is 20.1. The third-order valence-electron chi connectivity index (χ3n) is 5.29. The van der Waals surface area contributed by atoms with E-state index < -0.39 is 0 Å². The fraction of sp³-hybridized carbons (Fsp3) is 0.304. The van der Waals surface area contributed by atoms with Gasteiger partial charge in [-0.05, 0) is 18.6 Å². The van der Waals surface area contributed by atoms with E-state index in [4.69, 9.17) is 14.5 Å². The van der Waals surface area contributed by atoms with Gasteiger partial charge in [0.05, 0.1) is 30.6 Å². The lowest BCUT2D eigenvalue weighted by molar-refractivity contribution is 0.0888. The first-order valence-electron chi connectivity index (χ1n) is 10.3. The molecule has 0 saturated carbocycles. The van der Waals surface area contributed by atoms with Crippen molar-refractivity contribution < 1.29 is 13.9 Å². The van der Waals surface area contributed by atoms with E-state index >= 15 is 4.39 Å². The van der Waals surface area contributed by atoms with Crippen LogP contribution >= 0.6 is 11.3 Å². The van der Waals surface area contributed by atoms with E-state index in [2.05, 4.69) is 10.4 Å². The molecule has 3 heterocycles. The number of hydrogen-bond donors (Lipinski definition) is 1. The molecule has 160 valence electrons. The van der Waals surface area contributed by atoms with Crippen molar-refractivity contribution >= 4 is 16.3 Å². The van der Waals surface area contributed by atoms with Crippen LogP contribution in [0.3, 0.4) is 0 Å². The van der Waals surface area contributed by atoms with Crippen LogP contribution in [0.2, 0.25) is 0 Å². The molecule has 2 aromatic carbocycles. The van der Waals surface area contributed by atoms with E-state index in [-0.39, 0.29) is 11.9 Å². The Morgan fingerprint density at radius 3 is 2.90 bits per heavy atom. The van der Waals surface area contributed by atoms with Gasteiger partial charge < -0.3 is 14.8 Å². The van der Waals surface area contributed by atoms with Crippen LogP contribution in [0, 0.1) is 12.7 Å². The van der Waals surface area contributed by atoms with Gasteiger partial charge in [0.2, 0.25) is 4.96 Å². The molecule has 1 aliphatic heterocycles. The maximum atomic E-state index is 15.0. The molecule has 4 aromatic rings. The molecule has 1 atom stereocenters. The number of fused-ring (bicyclic) bond motifs is 3. The second kappa shape index (κ2) is 8.74. The minimum absolute atomic E-state index is 0.288. The minimum Gasteiger partial charge on any atom is -0.491 e. The standard InChI is InChI=1S/C23H23FN4O2S/c1-15-27-28-22-20(26-23(28)31-15)9-10-25-21(22)18-8-7-17(13-19(18)24)30-12-11-29-14-16-5-3-2-4-6-16/h2-8,13,21,25H,9-12,14H2,1H3. The van der Waals surface area contributed by atoms with E-state index in [1.54, 1.807) is 23.5 Å².